The molecule has 2 unspecified atom stereocenters. The summed E-state index contributed by atoms with van der Waals surface area (Å²) in [5.41, 5.74) is 1.64. The van der Waals surface area contributed by atoms with Crippen LogP contribution in [0.1, 0.15) is 71.8 Å². The molecule has 1 N–H and O–H groups in total. The molecule has 4 atom stereocenters. The number of ether oxygens (including phenoxy) is 3. The Kier molecular flexibility index (Phi) is 12.2. The zero-order valence-electron chi connectivity index (χ0n) is 39.2. The van der Waals surface area contributed by atoms with Gasteiger partial charge in [-0.2, -0.15) is 9.97 Å². The number of fused-ring (bicyclic) bond motifs is 5. The number of methoxy groups -OCH3 is 1. The highest BCUT2D eigenvalue weighted by atomic mass is 28.4. The molecule has 350 valence electrons. The van der Waals surface area contributed by atoms with Crippen LogP contribution >= 0.6 is 0 Å². The van der Waals surface area contributed by atoms with Gasteiger partial charge in [0.1, 0.15) is 29.4 Å². The second-order valence-electron chi connectivity index (χ2n) is 19.9. The van der Waals surface area contributed by atoms with Crippen LogP contribution in [0, 0.1) is 5.82 Å². The average Bonchev–Trinajstić information content (AvgIpc) is 3.99. The fourth-order valence-electron chi connectivity index (χ4n) is 12.0. The number of anilines is 1. The van der Waals surface area contributed by atoms with Crippen molar-refractivity contribution >= 4 is 52.3 Å². The van der Waals surface area contributed by atoms with Crippen LogP contribution < -0.4 is 24.7 Å². The number of hydrogen-bond donors (Lipinski definition) is 1. The summed E-state index contributed by atoms with van der Waals surface area (Å²) in [6.45, 7) is 11.8. The predicted molar refractivity (Wildman–Crippen MR) is 262 cm³/mol. The molecule has 67 heavy (non-hydrogen) atoms. The number of aryl methyl sites for hydroxylation is 1. The molecule has 4 aliphatic heterocycles. The lowest BCUT2D eigenvalue weighted by molar-refractivity contribution is 0.0512. The molecule has 0 saturated carbocycles. The van der Waals surface area contributed by atoms with Crippen LogP contribution in [-0.2, 0) is 15.6 Å². The number of nitrogens with zero attached hydrogens (tertiary/aromatic N) is 6. The molecular weight excluding hydrogens is 864 g/mol. The van der Waals surface area contributed by atoms with Gasteiger partial charge in [-0.25, -0.2) is 9.18 Å². The van der Waals surface area contributed by atoms with E-state index in [2.05, 4.69) is 104 Å². The van der Waals surface area contributed by atoms with Crippen LogP contribution in [0.15, 0.2) is 97.2 Å². The molecule has 0 radical (unpaired) electrons. The third kappa shape index (κ3) is 7.98. The molecule has 4 fully saturated rings. The van der Waals surface area contributed by atoms with Gasteiger partial charge >= 0.3 is 12.1 Å². The Morgan fingerprint density at radius 1 is 0.910 bits per heavy atom. The van der Waals surface area contributed by atoms with Gasteiger partial charge in [-0.3, -0.25) is 14.8 Å². The summed E-state index contributed by atoms with van der Waals surface area (Å²) >= 11 is 0. The Morgan fingerprint density at radius 3 is 2.28 bits per heavy atom. The number of halogens is 1. The maximum atomic E-state index is 17.7. The highest BCUT2D eigenvalue weighted by Crippen LogP contribution is 2.45. The zero-order valence-corrected chi connectivity index (χ0v) is 40.2. The minimum absolute atomic E-state index is 0.0357. The standard InChI is InChI=1S/C53H61FN6O6Si/c1-6-35-15-13-16-36-27-40(65-34-63-5)28-43(45(35)36)47-46(54)48-44(29-55-47)49(58-30-37-21-22-38(31-58)60(37)51(61)62)57-50(56-48)64-33-53-24-14-26-59(53)39(23-25-53)32-66-67(52(2,3)4,41-17-9-7-10-18-41)42-19-11-8-12-20-42/h7-13,15-20,27-29,37-39H,6,14,21-26,30-34H2,1-5H3,(H,61,62)/t37?,38?,39-,53-/m0/s1. The third-order valence-electron chi connectivity index (χ3n) is 15.1. The number of carboxylic acid groups (broad SMARTS) is 1. The first-order valence-electron chi connectivity index (χ1n) is 23.9. The summed E-state index contributed by atoms with van der Waals surface area (Å²) < 4.78 is 43.1. The van der Waals surface area contributed by atoms with Crippen LogP contribution in [0.2, 0.25) is 5.04 Å². The van der Waals surface area contributed by atoms with Gasteiger partial charge in [0.25, 0.3) is 8.32 Å². The SMILES string of the molecule is CCc1cccc2cc(OCOC)cc(-c3ncc4c(N5CC6CCC(C5)N6C(=O)O)nc(OC[C@@]56CCCN5[C@H](CO[Si](c5ccccc5)(c5ccccc5)C(C)(C)C)CC6)nc4c3F)c12. The summed E-state index contributed by atoms with van der Waals surface area (Å²) in [4.78, 5) is 33.4. The van der Waals surface area contributed by atoms with E-state index in [-0.39, 0.29) is 52.7 Å². The Hall–Kier alpha value is -5.67. The number of piperazine rings is 1. The maximum absolute atomic E-state index is 17.7. The number of aromatic nitrogens is 3. The van der Waals surface area contributed by atoms with Crippen molar-refractivity contribution in [3.05, 3.63) is 109 Å². The van der Waals surface area contributed by atoms with E-state index in [1.54, 1.807) is 18.2 Å². The molecule has 0 spiro atoms. The normalized spacial score (nSPS) is 21.9. The van der Waals surface area contributed by atoms with Gasteiger partial charge in [0.05, 0.1) is 29.6 Å². The topological polar surface area (TPSA) is 123 Å². The molecular formula is C53H61FN6O6Si. The largest absolute Gasteiger partial charge is 0.468 e. The summed E-state index contributed by atoms with van der Waals surface area (Å²) in [6.07, 6.45) is 6.87. The van der Waals surface area contributed by atoms with Crippen molar-refractivity contribution in [2.24, 2.45) is 0 Å². The first-order valence-corrected chi connectivity index (χ1v) is 25.8. The van der Waals surface area contributed by atoms with E-state index in [9.17, 15) is 9.90 Å². The predicted octanol–water partition coefficient (Wildman–Crippen LogP) is 8.81. The molecule has 1 amide bonds. The molecule has 4 aromatic carbocycles. The zero-order chi connectivity index (χ0) is 46.5. The van der Waals surface area contributed by atoms with E-state index in [4.69, 9.17) is 33.6 Å². The van der Waals surface area contributed by atoms with E-state index in [1.807, 2.05) is 24.3 Å². The van der Waals surface area contributed by atoms with Crippen LogP contribution in [0.5, 0.6) is 11.8 Å². The molecule has 6 heterocycles. The van der Waals surface area contributed by atoms with Gasteiger partial charge in [-0.15, -0.1) is 0 Å². The van der Waals surface area contributed by atoms with Crippen molar-refractivity contribution in [1.29, 1.82) is 0 Å². The maximum Gasteiger partial charge on any atom is 0.407 e. The second-order valence-corrected chi connectivity index (χ2v) is 24.2. The van der Waals surface area contributed by atoms with Gasteiger partial charge in [-0.1, -0.05) is 107 Å². The summed E-state index contributed by atoms with van der Waals surface area (Å²) in [5.74, 6) is 0.446. The van der Waals surface area contributed by atoms with Crippen molar-refractivity contribution in [1.82, 2.24) is 24.8 Å². The minimum Gasteiger partial charge on any atom is -0.468 e. The van der Waals surface area contributed by atoms with Crippen LogP contribution in [0.25, 0.3) is 32.9 Å². The molecule has 4 saturated heterocycles. The number of rotatable bonds is 14. The first-order chi connectivity index (χ1) is 32.4. The van der Waals surface area contributed by atoms with Crippen LogP contribution in [-0.4, -0.2) is 115 Å². The van der Waals surface area contributed by atoms with Crippen molar-refractivity contribution in [3.63, 3.8) is 0 Å². The fraction of sp³-hybridized carbons (Fsp3) is 0.434. The molecule has 4 aliphatic rings. The number of amides is 1. The summed E-state index contributed by atoms with van der Waals surface area (Å²) in [5, 5.41) is 14.7. The molecule has 12 nitrogen and oxygen atoms in total. The van der Waals surface area contributed by atoms with Crippen molar-refractivity contribution in [3.8, 4) is 23.0 Å². The average molecular weight is 925 g/mol. The van der Waals surface area contributed by atoms with Crippen molar-refractivity contribution < 1.29 is 32.9 Å². The van der Waals surface area contributed by atoms with Gasteiger partial charge in [-0.05, 0) is 95.4 Å². The first kappa shape index (κ1) is 45.1. The smallest absolute Gasteiger partial charge is 0.407 e. The van der Waals surface area contributed by atoms with E-state index >= 15 is 4.39 Å². The molecule has 2 aromatic heterocycles. The Morgan fingerprint density at radius 2 is 1.63 bits per heavy atom. The molecule has 2 bridgehead atoms. The highest BCUT2D eigenvalue weighted by Gasteiger charge is 2.54. The minimum atomic E-state index is -2.76. The Bertz CT molecular complexity index is 2730. The van der Waals surface area contributed by atoms with Gasteiger partial charge in [0.2, 0.25) is 0 Å². The van der Waals surface area contributed by atoms with Crippen molar-refractivity contribution in [2.45, 2.75) is 101 Å². The van der Waals surface area contributed by atoms with Gasteiger partial charge in [0.15, 0.2) is 12.6 Å². The van der Waals surface area contributed by atoms with Crippen LogP contribution in [0.3, 0.4) is 0 Å². The number of hydrogen-bond acceptors (Lipinski definition) is 10. The molecule has 6 aromatic rings. The Balaban J connectivity index is 1.000. The van der Waals surface area contributed by atoms with Gasteiger partial charge < -0.3 is 28.6 Å². The molecule has 10 rings (SSSR count). The van der Waals surface area contributed by atoms with E-state index < -0.39 is 20.2 Å². The fourth-order valence-corrected chi connectivity index (χ4v) is 16.6. The van der Waals surface area contributed by atoms with E-state index in [0.717, 1.165) is 67.8 Å². The quantitative estimate of drug-likeness (QED) is 0.0834. The lowest BCUT2D eigenvalue weighted by atomic mass is 9.95. The van der Waals surface area contributed by atoms with Crippen LogP contribution in [0.4, 0.5) is 15.0 Å². The summed E-state index contributed by atoms with van der Waals surface area (Å²) in [7, 11) is -1.20. The lowest BCUT2D eigenvalue weighted by Gasteiger charge is -2.44. The monoisotopic (exact) mass is 924 g/mol. The number of carbonyl (C=O) groups is 1. The number of benzene rings is 4. The molecule has 14 heteroatoms. The van der Waals surface area contributed by atoms with E-state index in [1.165, 1.54) is 10.4 Å². The van der Waals surface area contributed by atoms with Crippen molar-refractivity contribution in [2.75, 3.05) is 51.7 Å². The Labute approximate surface area is 393 Å². The van der Waals surface area contributed by atoms with Gasteiger partial charge in [0, 0.05) is 38.0 Å². The third-order valence-corrected chi connectivity index (χ3v) is 20.1. The summed E-state index contributed by atoms with van der Waals surface area (Å²) in [6, 6.07) is 31.3. The molecule has 0 aliphatic carbocycles. The second kappa shape index (κ2) is 18.1. The lowest BCUT2D eigenvalue weighted by Crippen LogP contribution is -2.67. The van der Waals surface area contributed by atoms with E-state index in [0.29, 0.717) is 48.8 Å². The number of pyridine rings is 1. The highest BCUT2D eigenvalue weighted by molar-refractivity contribution is 6.99.